The summed E-state index contributed by atoms with van der Waals surface area (Å²) in [4.78, 5) is 0. The highest BCUT2D eigenvalue weighted by atomic mass is 32.2. The fourth-order valence-corrected chi connectivity index (χ4v) is 4.87. The fourth-order valence-electron chi connectivity index (χ4n) is 3.05. The van der Waals surface area contributed by atoms with Gasteiger partial charge in [-0.15, -0.1) is 0 Å². The van der Waals surface area contributed by atoms with Crippen LogP contribution in [0.1, 0.15) is 38.5 Å². The van der Waals surface area contributed by atoms with Crippen molar-refractivity contribution in [3.63, 3.8) is 0 Å². The summed E-state index contributed by atoms with van der Waals surface area (Å²) >= 11 is 0. The van der Waals surface area contributed by atoms with E-state index >= 15 is 0 Å². The maximum absolute atomic E-state index is 12.8. The molecule has 2 fully saturated rings. The molecule has 3 rings (SSSR count). The van der Waals surface area contributed by atoms with Gasteiger partial charge in [0, 0.05) is 38.3 Å². The van der Waals surface area contributed by atoms with Crippen LogP contribution in [0, 0.1) is 0 Å². The predicted octanol–water partition coefficient (Wildman–Crippen LogP) is 1.10. The van der Waals surface area contributed by atoms with E-state index in [2.05, 4.69) is 11.4 Å². The number of piperidine rings is 1. The molecule has 5 nitrogen and oxygen atoms in total. The second kappa shape index (κ2) is 6.13. The Labute approximate surface area is 122 Å². The molecule has 114 valence electrons. The van der Waals surface area contributed by atoms with Crippen LogP contribution < -0.4 is 5.32 Å². The Morgan fingerprint density at radius 3 is 2.65 bits per heavy atom. The first kappa shape index (κ1) is 14.5. The molecule has 0 aromatic rings. The Hall–Kier alpha value is -0.430. The van der Waals surface area contributed by atoms with E-state index in [1.165, 1.54) is 12.8 Å². The quantitative estimate of drug-likeness (QED) is 0.774. The van der Waals surface area contributed by atoms with Crippen molar-refractivity contribution in [1.82, 2.24) is 13.9 Å². The van der Waals surface area contributed by atoms with Crippen LogP contribution in [0.3, 0.4) is 0 Å². The van der Waals surface area contributed by atoms with Crippen molar-refractivity contribution >= 4 is 10.2 Å². The molecule has 0 amide bonds. The number of rotatable bonds is 5. The summed E-state index contributed by atoms with van der Waals surface area (Å²) in [6.45, 7) is 2.65. The van der Waals surface area contributed by atoms with Gasteiger partial charge in [0.25, 0.3) is 10.2 Å². The zero-order chi connectivity index (χ0) is 14.0. The molecule has 3 aliphatic rings. The molecule has 0 radical (unpaired) electrons. The van der Waals surface area contributed by atoms with E-state index < -0.39 is 10.2 Å². The zero-order valence-electron chi connectivity index (χ0n) is 12.0. The van der Waals surface area contributed by atoms with E-state index in [1.54, 1.807) is 8.61 Å². The largest absolute Gasteiger partial charge is 0.312 e. The van der Waals surface area contributed by atoms with E-state index in [1.807, 2.05) is 6.08 Å². The molecule has 0 aromatic heterocycles. The van der Waals surface area contributed by atoms with Crippen LogP contribution in [0.25, 0.3) is 0 Å². The van der Waals surface area contributed by atoms with Gasteiger partial charge in [0.05, 0.1) is 0 Å². The minimum absolute atomic E-state index is 0.139. The van der Waals surface area contributed by atoms with Crippen LogP contribution >= 0.6 is 0 Å². The van der Waals surface area contributed by atoms with Crippen molar-refractivity contribution in [2.24, 2.45) is 0 Å². The fraction of sp³-hybridized carbons (Fsp3) is 0.857. The summed E-state index contributed by atoms with van der Waals surface area (Å²) in [6, 6.07) is 0.777. The van der Waals surface area contributed by atoms with E-state index in [-0.39, 0.29) is 6.04 Å². The van der Waals surface area contributed by atoms with Gasteiger partial charge in [0.15, 0.2) is 0 Å². The van der Waals surface area contributed by atoms with Gasteiger partial charge in [-0.3, -0.25) is 0 Å². The maximum atomic E-state index is 12.8. The average Bonchev–Trinajstić information content (AvgIpc) is 3.30. The number of hydrogen-bond acceptors (Lipinski definition) is 3. The summed E-state index contributed by atoms with van der Waals surface area (Å²) in [7, 11) is -3.29. The van der Waals surface area contributed by atoms with Crippen molar-refractivity contribution in [2.45, 2.75) is 50.6 Å². The summed E-state index contributed by atoms with van der Waals surface area (Å²) in [6.07, 6.45) is 10.5. The molecule has 1 unspecified atom stereocenters. The van der Waals surface area contributed by atoms with Gasteiger partial charge in [-0.05, 0) is 32.1 Å². The molecule has 1 aliphatic carbocycles. The third kappa shape index (κ3) is 3.24. The second-order valence-corrected chi connectivity index (χ2v) is 7.95. The van der Waals surface area contributed by atoms with E-state index in [0.29, 0.717) is 25.7 Å². The summed E-state index contributed by atoms with van der Waals surface area (Å²) < 4.78 is 29.0. The molecule has 1 atom stereocenters. The first-order valence-electron chi connectivity index (χ1n) is 7.83. The number of hydrogen-bond donors (Lipinski definition) is 1. The Bertz CT molecular complexity index is 459. The molecule has 0 spiro atoms. The molecule has 0 aromatic carbocycles. The minimum atomic E-state index is -3.29. The van der Waals surface area contributed by atoms with Crippen LogP contribution in [0.4, 0.5) is 0 Å². The van der Waals surface area contributed by atoms with E-state index in [0.717, 1.165) is 32.2 Å². The molecule has 2 heterocycles. The maximum Gasteiger partial charge on any atom is 0.282 e. The minimum Gasteiger partial charge on any atom is -0.312 e. The Morgan fingerprint density at radius 2 is 1.95 bits per heavy atom. The van der Waals surface area contributed by atoms with Crippen LogP contribution in [0.15, 0.2) is 12.2 Å². The molecule has 0 bridgehead atoms. The lowest BCUT2D eigenvalue weighted by Gasteiger charge is -2.38. The van der Waals surface area contributed by atoms with Gasteiger partial charge in [0.2, 0.25) is 0 Å². The molecule has 1 saturated heterocycles. The Kier molecular flexibility index (Phi) is 4.45. The molecule has 20 heavy (non-hydrogen) atoms. The van der Waals surface area contributed by atoms with E-state index in [4.69, 9.17) is 0 Å². The first-order valence-corrected chi connectivity index (χ1v) is 9.23. The molecular weight excluding hydrogens is 274 g/mol. The van der Waals surface area contributed by atoms with Crippen molar-refractivity contribution in [2.75, 3.05) is 26.2 Å². The lowest BCUT2D eigenvalue weighted by Crippen LogP contribution is -2.54. The highest BCUT2D eigenvalue weighted by molar-refractivity contribution is 7.86. The van der Waals surface area contributed by atoms with Crippen LogP contribution in [0.5, 0.6) is 0 Å². The average molecular weight is 299 g/mol. The predicted molar refractivity (Wildman–Crippen MR) is 79.6 cm³/mol. The molecule has 2 aliphatic heterocycles. The topological polar surface area (TPSA) is 52.7 Å². The molecular formula is C14H25N3O2S. The third-order valence-corrected chi connectivity index (χ3v) is 6.49. The summed E-state index contributed by atoms with van der Waals surface area (Å²) in [5.74, 6) is 0. The zero-order valence-corrected chi connectivity index (χ0v) is 12.8. The smallest absolute Gasteiger partial charge is 0.282 e. The number of nitrogens with zero attached hydrogens (tertiary/aromatic N) is 2. The highest BCUT2D eigenvalue weighted by Crippen LogP contribution is 2.25. The Balaban J connectivity index is 1.68. The van der Waals surface area contributed by atoms with Gasteiger partial charge < -0.3 is 5.32 Å². The van der Waals surface area contributed by atoms with E-state index in [9.17, 15) is 8.42 Å². The van der Waals surface area contributed by atoms with Gasteiger partial charge in [-0.2, -0.15) is 17.0 Å². The standard InChI is InChI=1S/C14H25N3O2S/c18-20(19,16-9-3-1-4-10-16)17-11-5-2-6-14(17)12-15-13-7-8-13/h1,3,13-15H,2,4-12H2. The van der Waals surface area contributed by atoms with Crippen LogP contribution in [-0.2, 0) is 10.2 Å². The van der Waals surface area contributed by atoms with Crippen molar-refractivity contribution < 1.29 is 8.42 Å². The van der Waals surface area contributed by atoms with Crippen molar-refractivity contribution in [1.29, 1.82) is 0 Å². The highest BCUT2D eigenvalue weighted by Gasteiger charge is 2.36. The van der Waals surface area contributed by atoms with Gasteiger partial charge >= 0.3 is 0 Å². The lowest BCUT2D eigenvalue weighted by atomic mass is 10.1. The van der Waals surface area contributed by atoms with Gasteiger partial charge in [-0.1, -0.05) is 18.6 Å². The van der Waals surface area contributed by atoms with Gasteiger partial charge in [0.1, 0.15) is 0 Å². The first-order chi connectivity index (χ1) is 9.68. The normalized spacial score (nSPS) is 29.7. The van der Waals surface area contributed by atoms with Crippen LogP contribution in [0.2, 0.25) is 0 Å². The number of nitrogens with one attached hydrogen (secondary N) is 1. The van der Waals surface area contributed by atoms with Crippen molar-refractivity contribution in [3.8, 4) is 0 Å². The summed E-state index contributed by atoms with van der Waals surface area (Å²) in [5.41, 5.74) is 0. The van der Waals surface area contributed by atoms with Crippen molar-refractivity contribution in [3.05, 3.63) is 12.2 Å². The SMILES string of the molecule is O=S(=O)(N1CC=CCC1)N1CCCCC1CNC1CC1. The summed E-state index contributed by atoms with van der Waals surface area (Å²) in [5, 5.41) is 3.49. The molecule has 1 N–H and O–H groups in total. The molecule has 6 heteroatoms. The van der Waals surface area contributed by atoms with Crippen LogP contribution in [-0.4, -0.2) is 55.3 Å². The third-order valence-electron chi connectivity index (χ3n) is 4.44. The lowest BCUT2D eigenvalue weighted by molar-refractivity contribution is 0.227. The molecule has 1 saturated carbocycles. The second-order valence-electron chi connectivity index (χ2n) is 6.07. The Morgan fingerprint density at radius 1 is 1.10 bits per heavy atom. The van der Waals surface area contributed by atoms with Gasteiger partial charge in [-0.25, -0.2) is 0 Å². The monoisotopic (exact) mass is 299 g/mol.